The number of aromatic hydroxyl groups is 1. The number of carbonyl (C=O) groups excluding carboxylic acids is 1. The topological polar surface area (TPSA) is 81.1 Å². The molecule has 138 valence electrons. The van der Waals surface area contributed by atoms with E-state index in [4.69, 9.17) is 0 Å². The highest BCUT2D eigenvalue weighted by atomic mass is 16.3. The van der Waals surface area contributed by atoms with Gasteiger partial charge in [0, 0.05) is 24.0 Å². The average molecular weight is 362 g/mol. The van der Waals surface area contributed by atoms with E-state index in [0.29, 0.717) is 22.9 Å². The molecule has 6 heteroatoms. The molecule has 0 bridgehead atoms. The summed E-state index contributed by atoms with van der Waals surface area (Å²) in [5.41, 5.74) is 2.51. The minimum absolute atomic E-state index is 0.00836. The van der Waals surface area contributed by atoms with Crippen molar-refractivity contribution in [2.75, 3.05) is 13.1 Å². The van der Waals surface area contributed by atoms with Gasteiger partial charge in [0.25, 0.3) is 5.91 Å². The number of fused-ring (bicyclic) bond motifs is 1. The predicted octanol–water partition coefficient (Wildman–Crippen LogP) is 5.16. The predicted molar refractivity (Wildman–Crippen MR) is 105 cm³/mol. The van der Waals surface area contributed by atoms with Crippen LogP contribution in [0.25, 0.3) is 10.9 Å². The van der Waals surface area contributed by atoms with E-state index in [1.165, 1.54) is 6.42 Å². The molecule has 1 aromatic heterocycles. The molecule has 1 amide bonds. The Morgan fingerprint density at radius 3 is 2.70 bits per heavy atom. The standard InChI is InChI=1S/C21H22N4O2/c1-14-5-4-12-25(13-14)21(27)15-8-10-16(11-9-15)23-24-19-17-6-2-3-7-18(17)22-20(19)26/h2-3,6-11,14,22,26H,4-5,12-13H2,1H3/t14-/m1/s1. The second-order valence-electron chi connectivity index (χ2n) is 7.11. The summed E-state index contributed by atoms with van der Waals surface area (Å²) in [5.74, 6) is 0.616. The average Bonchev–Trinajstić information content (AvgIpc) is 3.01. The van der Waals surface area contributed by atoms with Crippen LogP contribution in [0.1, 0.15) is 30.1 Å². The summed E-state index contributed by atoms with van der Waals surface area (Å²) in [6.45, 7) is 3.83. The van der Waals surface area contributed by atoms with Gasteiger partial charge in [-0.25, -0.2) is 0 Å². The molecular formula is C21H22N4O2. The number of likely N-dealkylation sites (tertiary alicyclic amines) is 1. The molecule has 6 nitrogen and oxygen atoms in total. The molecule has 1 atom stereocenters. The molecule has 1 fully saturated rings. The molecule has 0 radical (unpaired) electrons. The van der Waals surface area contributed by atoms with E-state index in [9.17, 15) is 9.90 Å². The maximum absolute atomic E-state index is 12.6. The Hall–Kier alpha value is -3.15. The highest BCUT2D eigenvalue weighted by molar-refractivity contribution is 5.95. The van der Waals surface area contributed by atoms with E-state index in [1.54, 1.807) is 24.3 Å². The number of H-pyrrole nitrogens is 1. The number of benzene rings is 2. The van der Waals surface area contributed by atoms with Crippen LogP contribution < -0.4 is 0 Å². The maximum atomic E-state index is 12.6. The van der Waals surface area contributed by atoms with Gasteiger partial charge in [-0.05, 0) is 49.1 Å². The number of nitrogens with zero attached hydrogens (tertiary/aromatic N) is 3. The zero-order valence-electron chi connectivity index (χ0n) is 15.2. The van der Waals surface area contributed by atoms with Gasteiger partial charge in [0.2, 0.25) is 5.88 Å². The van der Waals surface area contributed by atoms with Gasteiger partial charge in [0.1, 0.15) is 0 Å². The Morgan fingerprint density at radius 1 is 1.15 bits per heavy atom. The summed E-state index contributed by atoms with van der Waals surface area (Å²) in [4.78, 5) is 17.4. The third kappa shape index (κ3) is 3.56. The van der Waals surface area contributed by atoms with E-state index >= 15 is 0 Å². The van der Waals surface area contributed by atoms with Gasteiger partial charge in [-0.1, -0.05) is 25.1 Å². The van der Waals surface area contributed by atoms with Crippen molar-refractivity contribution in [1.29, 1.82) is 0 Å². The number of hydrogen-bond donors (Lipinski definition) is 2. The number of nitrogens with one attached hydrogen (secondary N) is 1. The Bertz CT molecular complexity index is 991. The van der Waals surface area contributed by atoms with Gasteiger partial charge in [-0.2, -0.15) is 5.11 Å². The van der Waals surface area contributed by atoms with Crippen LogP contribution in [-0.4, -0.2) is 34.0 Å². The van der Waals surface area contributed by atoms with E-state index < -0.39 is 0 Å². The molecule has 1 saturated heterocycles. The van der Waals surface area contributed by atoms with Gasteiger partial charge in [-0.3, -0.25) is 4.79 Å². The molecule has 27 heavy (non-hydrogen) atoms. The Morgan fingerprint density at radius 2 is 1.93 bits per heavy atom. The lowest BCUT2D eigenvalue weighted by Crippen LogP contribution is -2.39. The number of amides is 1. The van der Waals surface area contributed by atoms with Crippen LogP contribution in [0.4, 0.5) is 11.4 Å². The minimum Gasteiger partial charge on any atom is -0.493 e. The van der Waals surface area contributed by atoms with Crippen molar-refractivity contribution in [3.05, 3.63) is 54.1 Å². The van der Waals surface area contributed by atoms with Crippen LogP contribution in [0.2, 0.25) is 0 Å². The number of hydrogen-bond acceptors (Lipinski definition) is 4. The summed E-state index contributed by atoms with van der Waals surface area (Å²) < 4.78 is 0. The number of rotatable bonds is 3. The molecule has 1 aliphatic rings. The molecule has 2 N–H and O–H groups in total. The van der Waals surface area contributed by atoms with E-state index in [0.717, 1.165) is 30.4 Å². The fourth-order valence-corrected chi connectivity index (χ4v) is 3.55. The first-order valence-corrected chi connectivity index (χ1v) is 9.22. The fourth-order valence-electron chi connectivity index (χ4n) is 3.55. The molecular weight excluding hydrogens is 340 g/mol. The summed E-state index contributed by atoms with van der Waals surface area (Å²) in [6, 6.07) is 14.6. The van der Waals surface area contributed by atoms with Crippen LogP contribution in [-0.2, 0) is 0 Å². The highest BCUT2D eigenvalue weighted by Gasteiger charge is 2.21. The lowest BCUT2D eigenvalue weighted by atomic mass is 9.99. The fraction of sp³-hybridized carbons (Fsp3) is 0.286. The lowest BCUT2D eigenvalue weighted by molar-refractivity contribution is 0.0683. The van der Waals surface area contributed by atoms with Crippen molar-refractivity contribution in [3.8, 4) is 5.88 Å². The van der Waals surface area contributed by atoms with Gasteiger partial charge >= 0.3 is 0 Å². The van der Waals surface area contributed by atoms with Crippen molar-refractivity contribution in [1.82, 2.24) is 9.88 Å². The first-order chi connectivity index (χ1) is 13.1. The summed E-state index contributed by atoms with van der Waals surface area (Å²) in [7, 11) is 0. The van der Waals surface area contributed by atoms with Gasteiger partial charge < -0.3 is 15.0 Å². The number of para-hydroxylation sites is 1. The third-order valence-electron chi connectivity index (χ3n) is 4.98. The van der Waals surface area contributed by atoms with Crippen LogP contribution in [0.3, 0.4) is 0 Å². The van der Waals surface area contributed by atoms with Crippen LogP contribution in [0.15, 0.2) is 58.8 Å². The molecule has 1 aliphatic heterocycles. The second-order valence-corrected chi connectivity index (χ2v) is 7.11. The summed E-state index contributed by atoms with van der Waals surface area (Å²) in [5, 5.41) is 19.2. The van der Waals surface area contributed by atoms with Crippen LogP contribution in [0, 0.1) is 5.92 Å². The molecule has 0 aliphatic carbocycles. The lowest BCUT2D eigenvalue weighted by Gasteiger charge is -2.31. The quantitative estimate of drug-likeness (QED) is 0.631. The SMILES string of the molecule is C[C@@H]1CCCN(C(=O)c2ccc(N=Nc3c(O)[nH]c4ccccc34)cc2)C1. The zero-order chi connectivity index (χ0) is 18.8. The number of piperidine rings is 1. The first-order valence-electron chi connectivity index (χ1n) is 9.22. The maximum Gasteiger partial charge on any atom is 0.253 e. The normalized spacial score (nSPS) is 17.7. The molecule has 0 unspecified atom stereocenters. The van der Waals surface area contributed by atoms with Gasteiger partial charge in [0.05, 0.1) is 11.2 Å². The monoisotopic (exact) mass is 362 g/mol. The highest BCUT2D eigenvalue weighted by Crippen LogP contribution is 2.36. The van der Waals surface area contributed by atoms with Crippen molar-refractivity contribution in [3.63, 3.8) is 0 Å². The summed E-state index contributed by atoms with van der Waals surface area (Å²) in [6.07, 6.45) is 2.25. The third-order valence-corrected chi connectivity index (χ3v) is 4.98. The van der Waals surface area contributed by atoms with Gasteiger partial charge in [-0.15, -0.1) is 5.11 Å². The number of carbonyl (C=O) groups is 1. The molecule has 3 aromatic rings. The van der Waals surface area contributed by atoms with Crippen LogP contribution >= 0.6 is 0 Å². The minimum atomic E-state index is -0.00836. The van der Waals surface area contributed by atoms with Crippen molar-refractivity contribution >= 4 is 28.2 Å². The Labute approximate surface area is 157 Å². The number of azo groups is 1. The first kappa shape index (κ1) is 17.3. The smallest absolute Gasteiger partial charge is 0.253 e. The largest absolute Gasteiger partial charge is 0.493 e. The van der Waals surface area contributed by atoms with E-state index in [1.807, 2.05) is 29.2 Å². The molecule has 4 rings (SSSR count). The molecule has 0 spiro atoms. The number of aromatic nitrogens is 1. The van der Waals surface area contributed by atoms with Gasteiger partial charge in [0.15, 0.2) is 5.69 Å². The zero-order valence-corrected chi connectivity index (χ0v) is 15.2. The molecule has 2 aromatic carbocycles. The van der Waals surface area contributed by atoms with Crippen molar-refractivity contribution in [2.45, 2.75) is 19.8 Å². The van der Waals surface area contributed by atoms with Crippen LogP contribution in [0.5, 0.6) is 5.88 Å². The van der Waals surface area contributed by atoms with E-state index in [-0.39, 0.29) is 11.8 Å². The number of aromatic amines is 1. The Balaban J connectivity index is 1.51. The summed E-state index contributed by atoms with van der Waals surface area (Å²) >= 11 is 0. The second kappa shape index (κ2) is 7.23. The molecule has 0 saturated carbocycles. The Kier molecular flexibility index (Phi) is 4.62. The molecule has 2 heterocycles. The van der Waals surface area contributed by atoms with Crippen molar-refractivity contribution < 1.29 is 9.90 Å². The van der Waals surface area contributed by atoms with E-state index in [2.05, 4.69) is 22.1 Å². The van der Waals surface area contributed by atoms with Crippen molar-refractivity contribution in [2.24, 2.45) is 16.1 Å².